The van der Waals surface area contributed by atoms with E-state index < -0.39 is 36.4 Å². The van der Waals surface area contributed by atoms with Crippen LogP contribution in [0.25, 0.3) is 0 Å². The Hall–Kier alpha value is -4.27. The average Bonchev–Trinajstić information content (AvgIpc) is 3.32. The van der Waals surface area contributed by atoms with Gasteiger partial charge in [0.1, 0.15) is 0 Å². The maximum atomic E-state index is 10.6. The van der Waals surface area contributed by atoms with E-state index in [0.717, 1.165) is 38.7 Å². The van der Waals surface area contributed by atoms with Crippen molar-refractivity contribution in [3.05, 3.63) is 48.5 Å². The Balaban J connectivity index is 0.000000363. The summed E-state index contributed by atoms with van der Waals surface area (Å²) in [5.41, 5.74) is 1.24. The number of pyridine rings is 1. The Morgan fingerprint density at radius 1 is 0.814 bits per heavy atom. The standard InChI is InChI=1S/C16H19N5O.3C2HF3O2/c1-3-13(9-17-4-1)10-20-11-14-15(12-20)22-8-7-21(14)16-18-5-2-6-19-16;3*3-2(4,5)1(6)7/h1-6,9,14-15H,7-8,10-12H2;3*(H,6,7)/t14-,15+;;;/m1.../s1. The van der Waals surface area contributed by atoms with Gasteiger partial charge in [-0.05, 0) is 17.7 Å². The lowest BCUT2D eigenvalue weighted by atomic mass is 10.1. The van der Waals surface area contributed by atoms with Crippen LogP contribution in [-0.4, -0.2) is 110 Å². The third kappa shape index (κ3) is 13.5. The molecule has 0 radical (unpaired) electrons. The normalized spacial score (nSPS) is 18.4. The van der Waals surface area contributed by atoms with Gasteiger partial charge in [-0.2, -0.15) is 39.5 Å². The van der Waals surface area contributed by atoms with Gasteiger partial charge in [0.05, 0.1) is 18.8 Å². The van der Waals surface area contributed by atoms with Crippen LogP contribution in [0.3, 0.4) is 0 Å². The molecule has 2 atom stereocenters. The van der Waals surface area contributed by atoms with Crippen molar-refractivity contribution in [1.29, 1.82) is 0 Å². The van der Waals surface area contributed by atoms with E-state index in [1.54, 1.807) is 12.4 Å². The van der Waals surface area contributed by atoms with Crippen molar-refractivity contribution in [2.75, 3.05) is 31.1 Å². The zero-order valence-corrected chi connectivity index (χ0v) is 21.3. The lowest BCUT2D eigenvalue weighted by Gasteiger charge is -2.36. The second kappa shape index (κ2) is 15.8. The van der Waals surface area contributed by atoms with Crippen LogP contribution in [-0.2, 0) is 25.7 Å². The van der Waals surface area contributed by atoms with E-state index in [4.69, 9.17) is 34.4 Å². The van der Waals surface area contributed by atoms with Gasteiger partial charge < -0.3 is 25.0 Å². The number of halogens is 9. The molecule has 2 aromatic heterocycles. The molecule has 2 aliphatic heterocycles. The minimum absolute atomic E-state index is 0.231. The molecule has 0 aliphatic carbocycles. The first kappa shape index (κ1) is 36.8. The minimum Gasteiger partial charge on any atom is -0.475 e. The molecular formula is C22H22F9N5O7. The zero-order valence-electron chi connectivity index (χ0n) is 21.3. The maximum absolute atomic E-state index is 10.6. The number of alkyl halides is 9. The number of carboxylic acids is 3. The predicted molar refractivity (Wildman–Crippen MR) is 123 cm³/mol. The first-order valence-electron chi connectivity index (χ1n) is 11.4. The first-order valence-corrected chi connectivity index (χ1v) is 11.4. The van der Waals surface area contributed by atoms with E-state index in [1.807, 2.05) is 24.5 Å². The van der Waals surface area contributed by atoms with E-state index in [2.05, 4.69) is 30.8 Å². The predicted octanol–water partition coefficient (Wildman–Crippen LogP) is 2.86. The number of hydrogen-bond acceptors (Lipinski definition) is 9. The molecule has 2 aromatic rings. The number of hydrogen-bond donors (Lipinski definition) is 3. The largest absolute Gasteiger partial charge is 0.490 e. The molecule has 0 unspecified atom stereocenters. The number of rotatable bonds is 3. The van der Waals surface area contributed by atoms with Crippen LogP contribution in [0, 0.1) is 0 Å². The number of nitrogens with zero attached hydrogens (tertiary/aromatic N) is 5. The Morgan fingerprint density at radius 2 is 1.30 bits per heavy atom. The van der Waals surface area contributed by atoms with Crippen LogP contribution in [0.2, 0.25) is 0 Å². The highest BCUT2D eigenvalue weighted by molar-refractivity contribution is 5.73. The number of carbonyl (C=O) groups is 3. The molecule has 240 valence electrons. The Morgan fingerprint density at radius 3 is 1.72 bits per heavy atom. The Bertz CT molecular complexity index is 1110. The van der Waals surface area contributed by atoms with E-state index >= 15 is 0 Å². The Kier molecular flexibility index (Phi) is 13.5. The monoisotopic (exact) mass is 639 g/mol. The van der Waals surface area contributed by atoms with Crippen LogP contribution in [0.4, 0.5) is 45.5 Å². The molecule has 4 rings (SSSR count). The van der Waals surface area contributed by atoms with Crippen molar-refractivity contribution < 1.29 is 74.0 Å². The molecule has 21 heteroatoms. The molecule has 0 bridgehead atoms. The molecule has 4 heterocycles. The van der Waals surface area contributed by atoms with Gasteiger partial charge in [-0.25, -0.2) is 24.4 Å². The van der Waals surface area contributed by atoms with Gasteiger partial charge in [0.15, 0.2) is 0 Å². The fourth-order valence-corrected chi connectivity index (χ4v) is 3.33. The summed E-state index contributed by atoms with van der Waals surface area (Å²) in [7, 11) is 0. The summed E-state index contributed by atoms with van der Waals surface area (Å²) in [5.74, 6) is -7.46. The van der Waals surface area contributed by atoms with Crippen LogP contribution in [0.5, 0.6) is 0 Å². The van der Waals surface area contributed by atoms with Crippen molar-refractivity contribution in [1.82, 2.24) is 19.9 Å². The highest BCUT2D eigenvalue weighted by Crippen LogP contribution is 2.26. The molecule has 0 amide bonds. The number of carboxylic acid groups (broad SMARTS) is 3. The van der Waals surface area contributed by atoms with E-state index in [-0.39, 0.29) is 6.10 Å². The van der Waals surface area contributed by atoms with Gasteiger partial charge in [0, 0.05) is 51.0 Å². The lowest BCUT2D eigenvalue weighted by molar-refractivity contribution is -0.193. The van der Waals surface area contributed by atoms with Gasteiger partial charge in [-0.1, -0.05) is 6.07 Å². The quantitative estimate of drug-likeness (QED) is 0.421. The van der Waals surface area contributed by atoms with Crippen LogP contribution < -0.4 is 4.90 Å². The summed E-state index contributed by atoms with van der Waals surface area (Å²) in [4.78, 5) is 44.4. The third-order valence-electron chi connectivity index (χ3n) is 5.04. The van der Waals surface area contributed by atoms with Gasteiger partial charge >= 0.3 is 36.4 Å². The number of fused-ring (bicyclic) bond motifs is 1. The fourth-order valence-electron chi connectivity index (χ4n) is 3.33. The minimum atomic E-state index is -5.08. The number of aromatic nitrogens is 3. The highest BCUT2D eigenvalue weighted by Gasteiger charge is 2.41. The maximum Gasteiger partial charge on any atom is 0.490 e. The van der Waals surface area contributed by atoms with Crippen molar-refractivity contribution in [2.24, 2.45) is 0 Å². The second-order valence-corrected chi connectivity index (χ2v) is 8.18. The molecule has 0 saturated carbocycles. The summed E-state index contributed by atoms with van der Waals surface area (Å²) >= 11 is 0. The first-order chi connectivity index (χ1) is 19.7. The van der Waals surface area contributed by atoms with Gasteiger partial charge in [0.2, 0.25) is 5.95 Å². The molecular weight excluding hydrogens is 617 g/mol. The molecule has 12 nitrogen and oxygen atoms in total. The molecule has 3 N–H and O–H groups in total. The molecule has 0 aromatic carbocycles. The van der Waals surface area contributed by atoms with Crippen molar-refractivity contribution >= 4 is 23.9 Å². The lowest BCUT2D eigenvalue weighted by Crippen LogP contribution is -2.51. The molecule has 43 heavy (non-hydrogen) atoms. The van der Waals surface area contributed by atoms with E-state index in [1.165, 1.54) is 5.56 Å². The summed E-state index contributed by atoms with van der Waals surface area (Å²) in [6, 6.07) is 6.28. The van der Waals surface area contributed by atoms with Crippen LogP contribution in [0.1, 0.15) is 5.56 Å². The third-order valence-corrected chi connectivity index (χ3v) is 5.04. The molecule has 2 fully saturated rings. The van der Waals surface area contributed by atoms with Gasteiger partial charge in [-0.3, -0.25) is 9.88 Å². The van der Waals surface area contributed by atoms with Crippen LogP contribution >= 0.6 is 0 Å². The highest BCUT2D eigenvalue weighted by atomic mass is 19.4. The molecule has 2 aliphatic rings. The second-order valence-electron chi connectivity index (χ2n) is 8.18. The number of anilines is 1. The Labute approximate surface area is 235 Å². The fraction of sp³-hybridized carbons (Fsp3) is 0.455. The van der Waals surface area contributed by atoms with Gasteiger partial charge in [0.25, 0.3) is 0 Å². The van der Waals surface area contributed by atoms with Crippen molar-refractivity contribution in [3.8, 4) is 0 Å². The van der Waals surface area contributed by atoms with E-state index in [0.29, 0.717) is 6.04 Å². The summed E-state index contributed by atoms with van der Waals surface area (Å²) in [6.07, 6.45) is -7.68. The SMILES string of the molecule is O=C(O)C(F)(F)F.O=C(O)C(F)(F)F.O=C(O)C(F)(F)F.c1cnc(N2CCO[C@H]3CN(Cc4cccnc4)C[C@H]32)nc1. The number of ether oxygens (including phenoxy) is 1. The summed E-state index contributed by atoms with van der Waals surface area (Å²) in [5, 5.41) is 21.4. The summed E-state index contributed by atoms with van der Waals surface area (Å²) < 4.78 is 101. The molecule has 2 saturated heterocycles. The topological polar surface area (TPSA) is 166 Å². The zero-order chi connectivity index (χ0) is 33.0. The number of likely N-dealkylation sites (tertiary alicyclic amines) is 1. The summed E-state index contributed by atoms with van der Waals surface area (Å²) in [6.45, 7) is 4.42. The molecule has 0 spiro atoms. The van der Waals surface area contributed by atoms with Crippen LogP contribution in [0.15, 0.2) is 43.0 Å². The van der Waals surface area contributed by atoms with Crippen molar-refractivity contribution in [2.45, 2.75) is 37.2 Å². The average molecular weight is 639 g/mol. The van der Waals surface area contributed by atoms with E-state index in [9.17, 15) is 39.5 Å². The number of aliphatic carboxylic acids is 3. The van der Waals surface area contributed by atoms with Gasteiger partial charge in [-0.15, -0.1) is 0 Å². The van der Waals surface area contributed by atoms with Crippen molar-refractivity contribution in [3.63, 3.8) is 0 Å². The number of morpholine rings is 1. The smallest absolute Gasteiger partial charge is 0.475 e.